The van der Waals surface area contributed by atoms with Gasteiger partial charge in [-0.1, -0.05) is 31.0 Å². The molecule has 1 fully saturated rings. The number of likely N-dealkylation sites (N-methyl/N-ethyl adjacent to an activating group) is 1. The Bertz CT molecular complexity index is 643. The summed E-state index contributed by atoms with van der Waals surface area (Å²) >= 11 is 0. The number of fused-ring (bicyclic) bond motifs is 1. The molecule has 0 bridgehead atoms. The van der Waals surface area contributed by atoms with Gasteiger partial charge in [0.1, 0.15) is 0 Å². The Labute approximate surface area is 118 Å². The zero-order valence-corrected chi connectivity index (χ0v) is 11.9. The first kappa shape index (κ1) is 13.3. The van der Waals surface area contributed by atoms with Crippen molar-refractivity contribution in [1.82, 2.24) is 15.1 Å². The Kier molecular flexibility index (Phi) is 3.83. The molecule has 1 atom stereocenters. The molecule has 0 radical (unpaired) electrons. The Hall–Kier alpha value is -1.68. The minimum atomic E-state index is 0.0151. The molecule has 3 rings (SSSR count). The van der Waals surface area contributed by atoms with E-state index in [1.54, 1.807) is 10.9 Å². The van der Waals surface area contributed by atoms with Crippen molar-refractivity contribution in [3.8, 4) is 0 Å². The lowest BCUT2D eigenvalue weighted by molar-refractivity contribution is 0.324. The van der Waals surface area contributed by atoms with Gasteiger partial charge in [0.05, 0.1) is 18.1 Å². The first-order valence-corrected chi connectivity index (χ1v) is 7.41. The van der Waals surface area contributed by atoms with Crippen molar-refractivity contribution >= 4 is 10.8 Å². The van der Waals surface area contributed by atoms with Crippen LogP contribution in [0.2, 0.25) is 0 Å². The van der Waals surface area contributed by atoms with E-state index in [0.29, 0.717) is 18.5 Å². The van der Waals surface area contributed by atoms with Gasteiger partial charge in [-0.15, -0.1) is 0 Å². The largest absolute Gasteiger partial charge is 0.315 e. The van der Waals surface area contributed by atoms with E-state index in [1.165, 1.54) is 25.7 Å². The molecule has 4 nitrogen and oxygen atoms in total. The second-order valence-electron chi connectivity index (χ2n) is 5.66. The highest BCUT2D eigenvalue weighted by molar-refractivity contribution is 5.80. The maximum absolute atomic E-state index is 12.5. The number of hydrogen-bond donors (Lipinski definition) is 1. The molecule has 106 valence electrons. The van der Waals surface area contributed by atoms with Gasteiger partial charge in [-0.2, -0.15) is 5.10 Å². The average Bonchev–Trinajstić information content (AvgIpc) is 3.01. The fourth-order valence-electron chi connectivity index (χ4n) is 3.28. The van der Waals surface area contributed by atoms with E-state index in [2.05, 4.69) is 10.4 Å². The maximum atomic E-state index is 12.5. The first-order chi connectivity index (χ1) is 9.79. The molecule has 20 heavy (non-hydrogen) atoms. The predicted octanol–water partition coefficient (Wildman–Crippen LogP) is 2.17. The molecule has 1 N–H and O–H groups in total. The lowest BCUT2D eigenvalue weighted by atomic mass is 9.98. The molecular weight excluding hydrogens is 250 g/mol. The summed E-state index contributed by atoms with van der Waals surface area (Å²) in [5, 5.41) is 9.36. The van der Waals surface area contributed by atoms with Crippen molar-refractivity contribution in [2.45, 2.75) is 38.3 Å². The van der Waals surface area contributed by atoms with Crippen LogP contribution in [0.15, 0.2) is 35.3 Å². The molecule has 1 aromatic heterocycles. The summed E-state index contributed by atoms with van der Waals surface area (Å²) in [5.41, 5.74) is 0.0151. The van der Waals surface area contributed by atoms with Crippen LogP contribution in [0.1, 0.15) is 25.7 Å². The van der Waals surface area contributed by atoms with E-state index >= 15 is 0 Å². The summed E-state index contributed by atoms with van der Waals surface area (Å²) in [5.74, 6) is 0.667. The molecule has 2 aromatic rings. The van der Waals surface area contributed by atoms with Crippen LogP contribution in [0.3, 0.4) is 0 Å². The van der Waals surface area contributed by atoms with Gasteiger partial charge < -0.3 is 5.32 Å². The lowest BCUT2D eigenvalue weighted by Crippen LogP contribution is -2.40. The maximum Gasteiger partial charge on any atom is 0.274 e. The van der Waals surface area contributed by atoms with E-state index in [9.17, 15) is 4.79 Å². The average molecular weight is 271 g/mol. The summed E-state index contributed by atoms with van der Waals surface area (Å²) in [4.78, 5) is 12.5. The van der Waals surface area contributed by atoms with Crippen LogP contribution in [0.5, 0.6) is 0 Å². The number of aromatic nitrogens is 2. The van der Waals surface area contributed by atoms with Gasteiger partial charge in [-0.3, -0.25) is 4.79 Å². The van der Waals surface area contributed by atoms with Crippen molar-refractivity contribution in [3.05, 3.63) is 40.8 Å². The Morgan fingerprint density at radius 1 is 1.35 bits per heavy atom. The highest BCUT2D eigenvalue weighted by Gasteiger charge is 2.24. The molecule has 1 aromatic carbocycles. The molecular formula is C16H21N3O. The zero-order chi connectivity index (χ0) is 13.9. The second kappa shape index (κ2) is 5.75. The summed E-state index contributed by atoms with van der Waals surface area (Å²) in [6.45, 7) is 0.658. The van der Waals surface area contributed by atoms with Crippen molar-refractivity contribution in [2.24, 2.45) is 5.92 Å². The topological polar surface area (TPSA) is 46.9 Å². The second-order valence-corrected chi connectivity index (χ2v) is 5.66. The number of nitrogens with one attached hydrogen (secondary N) is 1. The predicted molar refractivity (Wildman–Crippen MR) is 80.8 cm³/mol. The van der Waals surface area contributed by atoms with E-state index in [1.807, 2.05) is 31.3 Å². The summed E-state index contributed by atoms with van der Waals surface area (Å²) in [6, 6.07) is 7.98. The number of nitrogens with zero attached hydrogens (tertiary/aromatic N) is 2. The molecule has 1 aliphatic carbocycles. The van der Waals surface area contributed by atoms with Crippen LogP contribution >= 0.6 is 0 Å². The molecule has 1 unspecified atom stereocenters. The monoisotopic (exact) mass is 271 g/mol. The highest BCUT2D eigenvalue weighted by atomic mass is 16.1. The molecule has 0 aliphatic heterocycles. The van der Waals surface area contributed by atoms with Gasteiger partial charge in [0.2, 0.25) is 0 Å². The third-order valence-corrected chi connectivity index (χ3v) is 4.47. The molecule has 4 heteroatoms. The lowest BCUT2D eigenvalue weighted by Gasteiger charge is -2.23. The first-order valence-electron chi connectivity index (χ1n) is 7.41. The third kappa shape index (κ3) is 2.48. The van der Waals surface area contributed by atoms with E-state index in [-0.39, 0.29) is 5.56 Å². The Morgan fingerprint density at radius 2 is 2.10 bits per heavy atom. The van der Waals surface area contributed by atoms with Gasteiger partial charge in [0.15, 0.2) is 0 Å². The standard InChI is InChI=1S/C16H21N3O/c1-17-15(12-6-2-3-7-12)11-19-16(20)14-9-5-4-8-13(14)10-18-19/h4-5,8-10,12,15,17H,2-3,6-7,11H2,1H3. The van der Waals surface area contributed by atoms with Crippen LogP contribution < -0.4 is 10.9 Å². The van der Waals surface area contributed by atoms with Gasteiger partial charge in [0.25, 0.3) is 5.56 Å². The molecule has 0 saturated heterocycles. The van der Waals surface area contributed by atoms with Crippen molar-refractivity contribution in [3.63, 3.8) is 0 Å². The fourth-order valence-corrected chi connectivity index (χ4v) is 3.28. The van der Waals surface area contributed by atoms with Crippen LogP contribution in [0.25, 0.3) is 10.8 Å². The van der Waals surface area contributed by atoms with Gasteiger partial charge in [0, 0.05) is 11.4 Å². The summed E-state index contributed by atoms with van der Waals surface area (Å²) in [7, 11) is 1.98. The van der Waals surface area contributed by atoms with Crippen LogP contribution in [0.4, 0.5) is 0 Å². The molecule has 0 spiro atoms. The normalized spacial score (nSPS) is 17.6. The quantitative estimate of drug-likeness (QED) is 0.927. The van der Waals surface area contributed by atoms with Crippen molar-refractivity contribution < 1.29 is 0 Å². The van der Waals surface area contributed by atoms with Crippen LogP contribution in [0, 0.1) is 5.92 Å². The summed E-state index contributed by atoms with van der Waals surface area (Å²) < 4.78 is 1.61. The smallest absolute Gasteiger partial charge is 0.274 e. The SMILES string of the molecule is CNC(Cn1ncc2ccccc2c1=O)C1CCCC1. The molecule has 1 aliphatic rings. The number of rotatable bonds is 4. The van der Waals surface area contributed by atoms with Gasteiger partial charge in [-0.25, -0.2) is 4.68 Å². The molecule has 1 saturated carbocycles. The third-order valence-electron chi connectivity index (χ3n) is 4.47. The Morgan fingerprint density at radius 3 is 2.85 bits per heavy atom. The van der Waals surface area contributed by atoms with Crippen molar-refractivity contribution in [2.75, 3.05) is 7.05 Å². The molecule has 1 heterocycles. The van der Waals surface area contributed by atoms with Crippen LogP contribution in [-0.4, -0.2) is 22.9 Å². The Balaban J connectivity index is 1.90. The highest BCUT2D eigenvalue weighted by Crippen LogP contribution is 2.28. The number of hydrogen-bond acceptors (Lipinski definition) is 3. The zero-order valence-electron chi connectivity index (χ0n) is 11.9. The van der Waals surface area contributed by atoms with E-state index < -0.39 is 0 Å². The minimum Gasteiger partial charge on any atom is -0.315 e. The number of benzene rings is 1. The molecule has 0 amide bonds. The van der Waals surface area contributed by atoms with E-state index in [4.69, 9.17) is 0 Å². The van der Waals surface area contributed by atoms with Crippen LogP contribution in [-0.2, 0) is 6.54 Å². The van der Waals surface area contributed by atoms with Crippen molar-refractivity contribution in [1.29, 1.82) is 0 Å². The minimum absolute atomic E-state index is 0.0151. The fraction of sp³-hybridized carbons (Fsp3) is 0.500. The van der Waals surface area contributed by atoms with Gasteiger partial charge in [-0.05, 0) is 31.9 Å². The summed E-state index contributed by atoms with van der Waals surface area (Å²) in [6.07, 6.45) is 6.92. The van der Waals surface area contributed by atoms with E-state index in [0.717, 1.165) is 10.8 Å². The van der Waals surface area contributed by atoms with Gasteiger partial charge >= 0.3 is 0 Å².